The maximum Gasteiger partial charge on any atom is 0.268 e. The van der Waals surface area contributed by atoms with Crippen molar-refractivity contribution in [3.8, 4) is 0 Å². The second-order valence-electron chi connectivity index (χ2n) is 6.92. The van der Waals surface area contributed by atoms with Crippen molar-refractivity contribution in [2.45, 2.75) is 46.5 Å². The maximum absolute atomic E-state index is 12.8. The van der Waals surface area contributed by atoms with Gasteiger partial charge in [-0.15, -0.1) is 0 Å². The zero-order chi connectivity index (χ0) is 19.4. The normalized spacial score (nSPS) is 20.4. The summed E-state index contributed by atoms with van der Waals surface area (Å²) < 4.78 is 0. The van der Waals surface area contributed by atoms with Gasteiger partial charge in [0.05, 0.1) is 0 Å². The summed E-state index contributed by atoms with van der Waals surface area (Å²) in [7, 11) is 1.37. The van der Waals surface area contributed by atoms with Crippen LogP contribution in [-0.2, 0) is 19.2 Å². The van der Waals surface area contributed by atoms with Crippen LogP contribution in [0.1, 0.15) is 47.9 Å². The molecule has 6 nitrogen and oxygen atoms in total. The van der Waals surface area contributed by atoms with E-state index in [9.17, 15) is 14.4 Å². The number of hydrogen-bond acceptors (Lipinski definition) is 5. The highest BCUT2D eigenvalue weighted by molar-refractivity contribution is 6.37. The molecule has 1 aliphatic carbocycles. The fourth-order valence-electron chi connectivity index (χ4n) is 3.72. The Hall–Kier alpha value is -2.50. The van der Waals surface area contributed by atoms with Gasteiger partial charge in [0, 0.05) is 18.9 Å². The molecule has 1 saturated carbocycles. The monoisotopic (exact) mass is 358 g/mol. The van der Waals surface area contributed by atoms with Crippen molar-refractivity contribution in [1.82, 2.24) is 5.32 Å². The number of nitrogens with one attached hydrogen (secondary N) is 1. The lowest BCUT2D eigenvalue weighted by molar-refractivity contribution is -0.125. The van der Waals surface area contributed by atoms with Crippen LogP contribution < -0.4 is 5.32 Å². The molecular formula is C20H26N2O4. The number of Topliss-reactive ketones (excluding diaryl/α,β-unsaturated/α-hetero) is 2. The van der Waals surface area contributed by atoms with Gasteiger partial charge in [-0.1, -0.05) is 22.9 Å². The highest BCUT2D eigenvalue weighted by Gasteiger charge is 2.42. The third kappa shape index (κ3) is 4.18. The zero-order valence-electron chi connectivity index (χ0n) is 16.0. The van der Waals surface area contributed by atoms with E-state index in [0.717, 1.165) is 22.3 Å². The van der Waals surface area contributed by atoms with Gasteiger partial charge in [-0.2, -0.15) is 0 Å². The summed E-state index contributed by atoms with van der Waals surface area (Å²) in [6.07, 6.45) is 0.675. The number of ketones is 2. The molecule has 0 bridgehead atoms. The molecule has 0 radical (unpaired) electrons. The minimum atomic E-state index is -0.673. The van der Waals surface area contributed by atoms with Crippen LogP contribution in [0.5, 0.6) is 0 Å². The van der Waals surface area contributed by atoms with E-state index < -0.39 is 5.92 Å². The van der Waals surface area contributed by atoms with E-state index in [1.54, 1.807) is 6.92 Å². The molecule has 2 rings (SSSR count). The average molecular weight is 358 g/mol. The lowest BCUT2D eigenvalue weighted by atomic mass is 9.86. The lowest BCUT2D eigenvalue weighted by Gasteiger charge is -2.16. The molecule has 1 N–H and O–H groups in total. The van der Waals surface area contributed by atoms with Gasteiger partial charge in [-0.05, 0) is 50.8 Å². The van der Waals surface area contributed by atoms with E-state index in [1.807, 2.05) is 32.9 Å². The number of carbonyl (C=O) groups is 3. The number of rotatable bonds is 6. The highest BCUT2D eigenvalue weighted by Crippen LogP contribution is 2.37. The van der Waals surface area contributed by atoms with E-state index in [0.29, 0.717) is 13.0 Å². The number of benzene rings is 1. The average Bonchev–Trinajstić information content (AvgIpc) is 2.82. The van der Waals surface area contributed by atoms with Crippen LogP contribution >= 0.6 is 0 Å². The Bertz CT molecular complexity index is 744. The molecule has 6 heteroatoms. The van der Waals surface area contributed by atoms with Gasteiger partial charge in [0.25, 0.3) is 5.91 Å². The minimum Gasteiger partial charge on any atom is -0.399 e. The molecule has 0 aromatic heterocycles. The number of nitrogens with zero attached hydrogens (tertiary/aromatic N) is 1. The molecule has 0 saturated heterocycles. The molecular weight excluding hydrogens is 332 g/mol. The van der Waals surface area contributed by atoms with E-state index in [4.69, 9.17) is 0 Å². The smallest absolute Gasteiger partial charge is 0.268 e. The van der Waals surface area contributed by atoms with Gasteiger partial charge < -0.3 is 10.2 Å². The summed E-state index contributed by atoms with van der Waals surface area (Å²) in [5.74, 6) is -1.44. The third-order valence-corrected chi connectivity index (χ3v) is 4.82. The molecule has 26 heavy (non-hydrogen) atoms. The van der Waals surface area contributed by atoms with Gasteiger partial charge in [-0.3, -0.25) is 14.4 Å². The predicted octanol–water partition coefficient (Wildman–Crippen LogP) is 2.38. The van der Waals surface area contributed by atoms with Crippen LogP contribution in [0.2, 0.25) is 0 Å². The van der Waals surface area contributed by atoms with Crippen molar-refractivity contribution >= 4 is 23.2 Å². The molecule has 1 fully saturated rings. The second-order valence-corrected chi connectivity index (χ2v) is 6.92. The molecule has 2 atom stereocenters. The van der Waals surface area contributed by atoms with Crippen molar-refractivity contribution in [2.24, 2.45) is 11.1 Å². The van der Waals surface area contributed by atoms with Crippen molar-refractivity contribution in [3.05, 3.63) is 34.4 Å². The SMILES string of the molecule is CO/N=C(\C)C(=O)NCCC1CC(=O)C(c2c(C)cc(C)cc2C)C1=O. The van der Waals surface area contributed by atoms with E-state index >= 15 is 0 Å². The Morgan fingerprint density at radius 1 is 1.23 bits per heavy atom. The van der Waals surface area contributed by atoms with Gasteiger partial charge in [-0.25, -0.2) is 0 Å². The molecule has 1 aliphatic rings. The molecule has 1 amide bonds. The number of oxime groups is 1. The van der Waals surface area contributed by atoms with Crippen LogP contribution in [0.25, 0.3) is 0 Å². The molecule has 0 spiro atoms. The van der Waals surface area contributed by atoms with E-state index in [2.05, 4.69) is 15.3 Å². The number of aryl methyl sites for hydroxylation is 3. The third-order valence-electron chi connectivity index (χ3n) is 4.82. The zero-order valence-corrected chi connectivity index (χ0v) is 16.0. The van der Waals surface area contributed by atoms with Crippen molar-refractivity contribution in [2.75, 3.05) is 13.7 Å². The van der Waals surface area contributed by atoms with Crippen LogP contribution in [0.15, 0.2) is 17.3 Å². The molecule has 140 valence electrons. The molecule has 1 aromatic rings. The fourth-order valence-corrected chi connectivity index (χ4v) is 3.72. The Balaban J connectivity index is 2.06. The quantitative estimate of drug-likeness (QED) is 0.481. The number of carbonyl (C=O) groups excluding carboxylic acids is 3. The largest absolute Gasteiger partial charge is 0.399 e. The summed E-state index contributed by atoms with van der Waals surface area (Å²) >= 11 is 0. The van der Waals surface area contributed by atoms with Gasteiger partial charge >= 0.3 is 0 Å². The number of hydrogen-bond donors (Lipinski definition) is 1. The molecule has 0 heterocycles. The Kier molecular flexibility index (Phi) is 6.29. The molecule has 2 unspecified atom stereocenters. The molecule has 1 aromatic carbocycles. The van der Waals surface area contributed by atoms with E-state index in [-0.39, 0.29) is 35.5 Å². The van der Waals surface area contributed by atoms with Crippen LogP contribution in [0.3, 0.4) is 0 Å². The Labute approximate surface area is 154 Å². The Morgan fingerprint density at radius 2 is 1.85 bits per heavy atom. The first-order valence-corrected chi connectivity index (χ1v) is 8.76. The molecule has 0 aliphatic heterocycles. The standard InChI is InChI=1S/C20H26N2O4/c1-11-8-12(2)17(13(3)9-11)18-16(23)10-15(19(18)24)6-7-21-20(25)14(4)22-26-5/h8-9,15,18H,6-7,10H2,1-5H3,(H,21,25)/b22-14+. The van der Waals surface area contributed by atoms with Gasteiger partial charge in [0.15, 0.2) is 5.78 Å². The van der Waals surface area contributed by atoms with Crippen LogP contribution in [0.4, 0.5) is 0 Å². The van der Waals surface area contributed by atoms with E-state index in [1.165, 1.54) is 7.11 Å². The van der Waals surface area contributed by atoms with Gasteiger partial charge in [0.1, 0.15) is 24.5 Å². The number of amides is 1. The first-order valence-electron chi connectivity index (χ1n) is 8.76. The highest BCUT2D eigenvalue weighted by atomic mass is 16.6. The fraction of sp³-hybridized carbons (Fsp3) is 0.500. The summed E-state index contributed by atoms with van der Waals surface area (Å²) in [6, 6.07) is 4.02. The van der Waals surface area contributed by atoms with Crippen LogP contribution in [0, 0.1) is 26.7 Å². The predicted molar refractivity (Wildman–Crippen MR) is 99.3 cm³/mol. The maximum atomic E-state index is 12.8. The first kappa shape index (κ1) is 19.8. The summed E-state index contributed by atoms with van der Waals surface area (Å²) in [6.45, 7) is 7.75. The summed E-state index contributed by atoms with van der Waals surface area (Å²) in [5, 5.41) is 6.26. The lowest BCUT2D eigenvalue weighted by Crippen LogP contribution is -2.31. The summed E-state index contributed by atoms with van der Waals surface area (Å²) in [4.78, 5) is 41.7. The topological polar surface area (TPSA) is 84.8 Å². The van der Waals surface area contributed by atoms with Crippen molar-refractivity contribution in [1.29, 1.82) is 0 Å². The minimum absolute atomic E-state index is 0.0292. The Morgan fingerprint density at radius 3 is 2.42 bits per heavy atom. The van der Waals surface area contributed by atoms with Crippen molar-refractivity contribution < 1.29 is 19.2 Å². The van der Waals surface area contributed by atoms with Crippen molar-refractivity contribution in [3.63, 3.8) is 0 Å². The summed E-state index contributed by atoms with van der Waals surface area (Å²) in [5.41, 5.74) is 4.14. The van der Waals surface area contributed by atoms with Gasteiger partial charge in [0.2, 0.25) is 0 Å². The van der Waals surface area contributed by atoms with Crippen LogP contribution in [-0.4, -0.2) is 36.8 Å². The second kappa shape index (κ2) is 8.25. The first-order chi connectivity index (χ1) is 12.3.